The third kappa shape index (κ3) is 7.59. The van der Waals surface area contributed by atoms with E-state index in [1.165, 1.54) is 7.11 Å². The molecule has 1 atom stereocenters. The molecule has 0 bridgehead atoms. The molecule has 0 radical (unpaired) electrons. The molecular weight excluding hydrogens is 244 g/mol. The predicted molar refractivity (Wildman–Crippen MR) is 75.3 cm³/mol. The van der Waals surface area contributed by atoms with Crippen molar-refractivity contribution in [2.75, 3.05) is 7.11 Å². The van der Waals surface area contributed by atoms with Crippen molar-refractivity contribution in [2.24, 2.45) is 5.41 Å². The Kier molecular flexibility index (Phi) is 7.34. The van der Waals surface area contributed by atoms with E-state index in [1.54, 1.807) is 27.7 Å². The molecule has 0 unspecified atom stereocenters. The summed E-state index contributed by atoms with van der Waals surface area (Å²) < 4.78 is 4.71. The number of carbonyl (C=O) groups excluding carboxylic acids is 2. The van der Waals surface area contributed by atoms with Crippen molar-refractivity contribution in [1.29, 1.82) is 5.41 Å². The van der Waals surface area contributed by atoms with Gasteiger partial charge in [0.2, 0.25) is 5.91 Å². The Bertz CT molecular complexity index is 332. The molecule has 19 heavy (non-hydrogen) atoms. The number of unbranched alkanes of at least 4 members (excludes halogenated alkanes) is 1. The average Bonchev–Trinajstić information content (AvgIpc) is 2.30. The molecule has 0 saturated carbocycles. The first kappa shape index (κ1) is 17.6. The minimum absolute atomic E-state index is 0.161. The van der Waals surface area contributed by atoms with E-state index in [0.29, 0.717) is 12.1 Å². The molecule has 0 heterocycles. The highest BCUT2D eigenvalue weighted by molar-refractivity contribution is 5.87. The normalized spacial score (nSPS) is 12.7. The van der Waals surface area contributed by atoms with E-state index in [0.717, 1.165) is 19.3 Å². The first-order valence-corrected chi connectivity index (χ1v) is 6.61. The lowest BCUT2D eigenvalue weighted by Gasteiger charge is -2.22. The number of methoxy groups -OCH3 is 1. The van der Waals surface area contributed by atoms with Crippen LogP contribution in [-0.2, 0) is 14.3 Å². The van der Waals surface area contributed by atoms with E-state index >= 15 is 0 Å². The molecule has 0 aromatic rings. The van der Waals surface area contributed by atoms with E-state index < -0.39 is 17.4 Å². The fourth-order valence-electron chi connectivity index (χ4n) is 1.50. The monoisotopic (exact) mass is 270 g/mol. The number of amides is 1. The number of rotatable bonds is 7. The standard InChI is InChI=1S/C14H26N2O3/c1-10(15)8-6-7-9-11(12(17)19-5)16-13(18)14(2,3)4/h11,15H,6-9H2,1-5H3,(H,16,18)/t11-/m0/s1. The SMILES string of the molecule is COC(=O)[C@H](CCCCC(C)=N)NC(=O)C(C)(C)C. The summed E-state index contributed by atoms with van der Waals surface area (Å²) in [6.45, 7) is 7.17. The maximum Gasteiger partial charge on any atom is 0.328 e. The molecule has 0 aliphatic rings. The van der Waals surface area contributed by atoms with Gasteiger partial charge in [0.05, 0.1) is 7.11 Å². The highest BCUT2D eigenvalue weighted by Gasteiger charge is 2.27. The van der Waals surface area contributed by atoms with Gasteiger partial charge in [-0.1, -0.05) is 27.2 Å². The highest BCUT2D eigenvalue weighted by Crippen LogP contribution is 2.14. The second kappa shape index (κ2) is 7.92. The topological polar surface area (TPSA) is 79.2 Å². The van der Waals surface area contributed by atoms with Crippen molar-refractivity contribution in [3.05, 3.63) is 0 Å². The van der Waals surface area contributed by atoms with Crippen LogP contribution in [-0.4, -0.2) is 30.7 Å². The van der Waals surface area contributed by atoms with Crippen LogP contribution >= 0.6 is 0 Å². The fourth-order valence-corrected chi connectivity index (χ4v) is 1.50. The largest absolute Gasteiger partial charge is 0.467 e. The van der Waals surface area contributed by atoms with Crippen LogP contribution in [0.4, 0.5) is 0 Å². The van der Waals surface area contributed by atoms with E-state index in [-0.39, 0.29) is 5.91 Å². The summed E-state index contributed by atoms with van der Waals surface area (Å²) >= 11 is 0. The summed E-state index contributed by atoms with van der Waals surface area (Å²) in [5.74, 6) is -0.574. The van der Waals surface area contributed by atoms with Crippen LogP contribution in [0, 0.1) is 10.8 Å². The number of hydrogen-bond acceptors (Lipinski definition) is 4. The van der Waals surface area contributed by atoms with Crippen molar-refractivity contribution >= 4 is 17.6 Å². The minimum Gasteiger partial charge on any atom is -0.467 e. The zero-order valence-electron chi connectivity index (χ0n) is 12.6. The van der Waals surface area contributed by atoms with Crippen LogP contribution in [0.3, 0.4) is 0 Å². The molecule has 0 aliphatic carbocycles. The van der Waals surface area contributed by atoms with E-state index in [4.69, 9.17) is 10.1 Å². The van der Waals surface area contributed by atoms with Gasteiger partial charge >= 0.3 is 5.97 Å². The van der Waals surface area contributed by atoms with E-state index in [9.17, 15) is 9.59 Å². The van der Waals surface area contributed by atoms with E-state index in [2.05, 4.69) is 5.32 Å². The van der Waals surface area contributed by atoms with Crippen molar-refractivity contribution in [3.8, 4) is 0 Å². The second-order valence-electron chi connectivity index (χ2n) is 5.83. The molecule has 0 rings (SSSR count). The zero-order valence-corrected chi connectivity index (χ0v) is 12.6. The van der Waals surface area contributed by atoms with Crippen LogP contribution in [0.2, 0.25) is 0 Å². The third-order valence-electron chi connectivity index (χ3n) is 2.77. The van der Waals surface area contributed by atoms with Gasteiger partial charge in [-0.15, -0.1) is 0 Å². The van der Waals surface area contributed by atoms with Gasteiger partial charge in [0, 0.05) is 11.1 Å². The fraction of sp³-hybridized carbons (Fsp3) is 0.786. The Balaban J connectivity index is 4.36. The zero-order chi connectivity index (χ0) is 15.1. The predicted octanol–water partition coefficient (Wildman–Crippen LogP) is 2.29. The molecule has 0 saturated heterocycles. The maximum atomic E-state index is 11.9. The molecular formula is C14H26N2O3. The molecule has 0 aromatic carbocycles. The van der Waals surface area contributed by atoms with Crippen LogP contribution in [0.15, 0.2) is 0 Å². The summed E-state index contributed by atoms with van der Waals surface area (Å²) in [5, 5.41) is 10.1. The molecule has 1 amide bonds. The first-order valence-electron chi connectivity index (χ1n) is 6.61. The summed E-state index contributed by atoms with van der Waals surface area (Å²) in [6.07, 6.45) is 2.89. The Labute approximate surface area is 115 Å². The number of ether oxygens (including phenoxy) is 1. The van der Waals surface area contributed by atoms with Gasteiger partial charge in [-0.05, 0) is 26.2 Å². The average molecular weight is 270 g/mol. The summed E-state index contributed by atoms with van der Waals surface area (Å²) in [6, 6.07) is -0.595. The molecule has 5 heteroatoms. The Morgan fingerprint density at radius 3 is 2.26 bits per heavy atom. The van der Waals surface area contributed by atoms with Crippen molar-refractivity contribution in [1.82, 2.24) is 5.32 Å². The van der Waals surface area contributed by atoms with Crippen LogP contribution in [0.25, 0.3) is 0 Å². The molecule has 0 aromatic heterocycles. The van der Waals surface area contributed by atoms with Crippen LogP contribution < -0.4 is 5.32 Å². The van der Waals surface area contributed by atoms with E-state index in [1.807, 2.05) is 0 Å². The lowest BCUT2D eigenvalue weighted by Crippen LogP contribution is -2.46. The highest BCUT2D eigenvalue weighted by atomic mass is 16.5. The molecule has 0 fully saturated rings. The molecule has 0 aliphatic heterocycles. The molecule has 110 valence electrons. The van der Waals surface area contributed by atoms with Crippen LogP contribution in [0.5, 0.6) is 0 Å². The van der Waals surface area contributed by atoms with Crippen molar-refractivity contribution in [2.45, 2.75) is 59.4 Å². The second-order valence-corrected chi connectivity index (χ2v) is 5.83. The van der Waals surface area contributed by atoms with Gasteiger partial charge in [0.15, 0.2) is 0 Å². The van der Waals surface area contributed by atoms with Crippen molar-refractivity contribution < 1.29 is 14.3 Å². The number of esters is 1. The number of hydrogen-bond donors (Lipinski definition) is 2. The Morgan fingerprint density at radius 2 is 1.84 bits per heavy atom. The molecule has 5 nitrogen and oxygen atoms in total. The van der Waals surface area contributed by atoms with Crippen molar-refractivity contribution in [3.63, 3.8) is 0 Å². The van der Waals surface area contributed by atoms with Gasteiger partial charge < -0.3 is 15.5 Å². The molecule has 2 N–H and O–H groups in total. The lowest BCUT2D eigenvalue weighted by atomic mass is 9.94. The maximum absolute atomic E-state index is 11.9. The number of nitrogens with one attached hydrogen (secondary N) is 2. The third-order valence-corrected chi connectivity index (χ3v) is 2.77. The van der Waals surface area contributed by atoms with Gasteiger partial charge in [-0.3, -0.25) is 4.79 Å². The van der Waals surface area contributed by atoms with Crippen LogP contribution in [0.1, 0.15) is 53.4 Å². The minimum atomic E-state index is -0.595. The van der Waals surface area contributed by atoms with Gasteiger partial charge in [0.25, 0.3) is 0 Å². The smallest absolute Gasteiger partial charge is 0.328 e. The Morgan fingerprint density at radius 1 is 1.26 bits per heavy atom. The Hall–Kier alpha value is -1.39. The summed E-state index contributed by atoms with van der Waals surface area (Å²) in [4.78, 5) is 23.5. The lowest BCUT2D eigenvalue weighted by molar-refractivity contribution is -0.146. The first-order chi connectivity index (χ1) is 8.68. The van der Waals surface area contributed by atoms with Gasteiger partial charge in [-0.25, -0.2) is 4.79 Å². The summed E-state index contributed by atoms with van der Waals surface area (Å²) in [7, 11) is 1.32. The van der Waals surface area contributed by atoms with Gasteiger partial charge in [-0.2, -0.15) is 0 Å². The number of carbonyl (C=O) groups is 2. The molecule has 0 spiro atoms. The quantitative estimate of drug-likeness (QED) is 0.423. The van der Waals surface area contributed by atoms with Gasteiger partial charge in [0.1, 0.15) is 6.04 Å². The summed E-state index contributed by atoms with van der Waals surface area (Å²) in [5.41, 5.74) is 0.103.